The molecule has 1 aliphatic rings. The molecular formula is C30H37F3N6O2. The summed E-state index contributed by atoms with van der Waals surface area (Å²) in [6, 6.07) is 12.4. The van der Waals surface area contributed by atoms with Gasteiger partial charge in [0.1, 0.15) is 0 Å². The highest BCUT2D eigenvalue weighted by Gasteiger charge is 2.40. The molecule has 1 aromatic heterocycles. The number of benzene rings is 2. The van der Waals surface area contributed by atoms with Gasteiger partial charge in [0.05, 0.1) is 23.2 Å². The molecule has 2 atom stereocenters. The maximum Gasteiger partial charge on any atom is 0.416 e. The molecule has 0 aliphatic heterocycles. The predicted octanol–water partition coefficient (Wildman–Crippen LogP) is 2.42. The number of carbonyl (C=O) groups is 2. The van der Waals surface area contributed by atoms with Crippen molar-refractivity contribution in [3.8, 4) is 0 Å². The van der Waals surface area contributed by atoms with Crippen molar-refractivity contribution in [3.63, 3.8) is 0 Å². The summed E-state index contributed by atoms with van der Waals surface area (Å²) in [5, 5.41) is 3.68. The lowest BCUT2D eigenvalue weighted by Crippen LogP contribution is -2.58. The molecule has 2 aromatic carbocycles. The van der Waals surface area contributed by atoms with Gasteiger partial charge in [0, 0.05) is 50.2 Å². The molecule has 0 unspecified atom stereocenters. The van der Waals surface area contributed by atoms with Crippen molar-refractivity contribution in [1.82, 2.24) is 15.2 Å². The molecule has 1 aliphatic carbocycles. The third-order valence-corrected chi connectivity index (χ3v) is 7.76. The highest BCUT2D eigenvalue weighted by Crippen LogP contribution is 2.34. The van der Waals surface area contributed by atoms with Crippen LogP contribution in [0.2, 0.25) is 0 Å². The Morgan fingerprint density at radius 2 is 1.66 bits per heavy atom. The second-order valence-corrected chi connectivity index (χ2v) is 10.7. The lowest BCUT2D eigenvalue weighted by Gasteiger charge is -2.44. The summed E-state index contributed by atoms with van der Waals surface area (Å²) >= 11 is 0. The van der Waals surface area contributed by atoms with E-state index in [1.54, 1.807) is 6.20 Å². The predicted molar refractivity (Wildman–Crippen MR) is 152 cm³/mol. The van der Waals surface area contributed by atoms with Gasteiger partial charge in [0.15, 0.2) is 5.78 Å². The number of para-hydroxylation sites is 1. The van der Waals surface area contributed by atoms with Crippen LogP contribution in [0.1, 0.15) is 29.5 Å². The summed E-state index contributed by atoms with van der Waals surface area (Å²) in [5.74, 6) is -0.810. The lowest BCUT2D eigenvalue weighted by atomic mass is 9.74. The first-order valence-electron chi connectivity index (χ1n) is 13.8. The number of nitrogens with one attached hydrogen (secondary N) is 1. The fraction of sp³-hybridized carbons (Fsp3) is 0.433. The van der Waals surface area contributed by atoms with Crippen molar-refractivity contribution in [2.45, 2.75) is 50.0 Å². The van der Waals surface area contributed by atoms with E-state index in [0.717, 1.165) is 35.9 Å². The molecule has 0 bridgehead atoms. The van der Waals surface area contributed by atoms with Crippen LogP contribution < -0.4 is 22.5 Å². The minimum absolute atomic E-state index is 0.00268. The zero-order chi connectivity index (χ0) is 29.6. The highest BCUT2D eigenvalue weighted by atomic mass is 19.4. The van der Waals surface area contributed by atoms with Gasteiger partial charge in [-0.2, -0.15) is 13.2 Å². The Kier molecular flexibility index (Phi) is 10.1. The Labute approximate surface area is 237 Å². The number of nitrogens with zero attached hydrogens (tertiary/aromatic N) is 2. The number of hydrogen-bond acceptors (Lipinski definition) is 7. The number of amides is 1. The van der Waals surface area contributed by atoms with Crippen molar-refractivity contribution in [1.29, 1.82) is 0 Å². The molecular weight excluding hydrogens is 533 g/mol. The molecule has 8 nitrogen and oxygen atoms in total. The summed E-state index contributed by atoms with van der Waals surface area (Å²) in [5.41, 5.74) is 18.9. The van der Waals surface area contributed by atoms with Crippen LogP contribution >= 0.6 is 0 Å². The summed E-state index contributed by atoms with van der Waals surface area (Å²) in [6.07, 6.45) is -1.39. The van der Waals surface area contributed by atoms with Crippen LogP contribution in [0.4, 0.5) is 13.2 Å². The van der Waals surface area contributed by atoms with Crippen LogP contribution in [0.5, 0.6) is 0 Å². The van der Waals surface area contributed by atoms with Gasteiger partial charge in [-0.15, -0.1) is 0 Å². The van der Waals surface area contributed by atoms with Crippen LogP contribution in [0.25, 0.3) is 10.9 Å². The second-order valence-electron chi connectivity index (χ2n) is 10.7. The fourth-order valence-electron chi connectivity index (χ4n) is 5.36. The number of carbonyl (C=O) groups excluding carboxylic acids is 2. The molecule has 4 rings (SSSR count). The molecule has 1 heterocycles. The SMILES string of the molecule is NCCN(CCN)C1CC([C@H](N)C(=O)N[C@@H](Cc2ccc(C(F)(F)F)cc2)C(=O)Cc2cnc3ccccc3c2)C1. The van der Waals surface area contributed by atoms with Crippen molar-refractivity contribution >= 4 is 22.6 Å². The topological polar surface area (TPSA) is 140 Å². The third kappa shape index (κ3) is 7.88. The van der Waals surface area contributed by atoms with E-state index in [0.29, 0.717) is 37.3 Å². The summed E-state index contributed by atoms with van der Waals surface area (Å²) in [6.45, 7) is 2.44. The fourth-order valence-corrected chi connectivity index (χ4v) is 5.36. The van der Waals surface area contributed by atoms with E-state index in [-0.39, 0.29) is 30.6 Å². The lowest BCUT2D eigenvalue weighted by molar-refractivity contribution is -0.137. The number of nitrogens with two attached hydrogens (primary N) is 3. The Morgan fingerprint density at radius 1 is 1.00 bits per heavy atom. The van der Waals surface area contributed by atoms with E-state index in [9.17, 15) is 22.8 Å². The zero-order valence-electron chi connectivity index (χ0n) is 22.8. The summed E-state index contributed by atoms with van der Waals surface area (Å²) in [7, 11) is 0. The second kappa shape index (κ2) is 13.5. The molecule has 3 aromatic rings. The zero-order valence-corrected chi connectivity index (χ0v) is 22.8. The number of fused-ring (bicyclic) bond motifs is 1. The van der Waals surface area contributed by atoms with E-state index in [1.165, 1.54) is 12.1 Å². The number of alkyl halides is 3. The number of ketones is 1. The average molecular weight is 571 g/mol. The normalized spacial score (nSPS) is 18.6. The minimum atomic E-state index is -4.47. The van der Waals surface area contributed by atoms with Crippen molar-refractivity contribution < 1.29 is 22.8 Å². The quantitative estimate of drug-likeness (QED) is 0.247. The third-order valence-electron chi connectivity index (χ3n) is 7.76. The molecule has 1 fully saturated rings. The van der Waals surface area contributed by atoms with Crippen LogP contribution in [0.3, 0.4) is 0 Å². The summed E-state index contributed by atoms with van der Waals surface area (Å²) in [4.78, 5) is 33.3. The van der Waals surface area contributed by atoms with E-state index in [4.69, 9.17) is 17.2 Å². The Morgan fingerprint density at radius 3 is 2.29 bits per heavy atom. The van der Waals surface area contributed by atoms with Crippen molar-refractivity contribution in [3.05, 3.63) is 77.5 Å². The maximum atomic E-state index is 13.5. The van der Waals surface area contributed by atoms with Gasteiger partial charge in [-0.25, -0.2) is 0 Å². The van der Waals surface area contributed by atoms with E-state index in [1.807, 2.05) is 30.3 Å². The first kappa shape index (κ1) is 30.6. The number of rotatable bonds is 13. The molecule has 0 saturated heterocycles. The number of hydrogen-bond donors (Lipinski definition) is 4. The number of Topliss-reactive ketones (excluding diaryl/α,β-unsaturated/α-hetero) is 1. The maximum absolute atomic E-state index is 13.5. The summed E-state index contributed by atoms with van der Waals surface area (Å²) < 4.78 is 39.2. The first-order chi connectivity index (χ1) is 19.6. The van der Waals surface area contributed by atoms with Gasteiger partial charge >= 0.3 is 6.18 Å². The molecule has 41 heavy (non-hydrogen) atoms. The monoisotopic (exact) mass is 570 g/mol. The van der Waals surface area contributed by atoms with Gasteiger partial charge in [0.25, 0.3) is 0 Å². The Hall–Kier alpha value is -3.38. The van der Waals surface area contributed by atoms with E-state index >= 15 is 0 Å². The smallest absolute Gasteiger partial charge is 0.345 e. The first-order valence-corrected chi connectivity index (χ1v) is 13.8. The molecule has 220 valence electrons. The van der Waals surface area contributed by atoms with E-state index < -0.39 is 29.7 Å². The van der Waals surface area contributed by atoms with Crippen LogP contribution in [-0.2, 0) is 28.6 Å². The largest absolute Gasteiger partial charge is 0.416 e. The molecule has 7 N–H and O–H groups in total. The molecule has 0 radical (unpaired) electrons. The van der Waals surface area contributed by atoms with Gasteiger partial charge in [-0.1, -0.05) is 30.3 Å². The molecule has 1 saturated carbocycles. The van der Waals surface area contributed by atoms with Gasteiger partial charge in [-0.3, -0.25) is 19.5 Å². The average Bonchev–Trinajstić information content (AvgIpc) is 2.91. The van der Waals surface area contributed by atoms with Crippen molar-refractivity contribution in [2.75, 3.05) is 26.2 Å². The standard InChI is InChI=1S/C30H37F3N6O2/c31-30(32,33)23-7-5-19(6-8-23)14-26(27(40)15-20-13-21-3-1-2-4-25(21)37-18-20)38-29(41)28(36)22-16-24(17-22)39(11-9-34)12-10-35/h1-8,13,18,22,24,26,28H,9-12,14-17,34-36H2,(H,38,41)/t22?,24?,26-,28-/m0/s1. The molecule has 11 heteroatoms. The van der Waals surface area contributed by atoms with Crippen LogP contribution in [-0.4, -0.2) is 65.9 Å². The van der Waals surface area contributed by atoms with Crippen molar-refractivity contribution in [2.24, 2.45) is 23.1 Å². The number of pyridine rings is 1. The minimum Gasteiger partial charge on any atom is -0.345 e. The molecule has 0 spiro atoms. The number of aromatic nitrogens is 1. The van der Waals surface area contributed by atoms with Gasteiger partial charge < -0.3 is 22.5 Å². The van der Waals surface area contributed by atoms with E-state index in [2.05, 4.69) is 15.2 Å². The Balaban J connectivity index is 1.46. The Bertz CT molecular complexity index is 1320. The van der Waals surface area contributed by atoms with Crippen LogP contribution in [0, 0.1) is 5.92 Å². The molecule has 1 amide bonds. The van der Waals surface area contributed by atoms with Crippen LogP contribution in [0.15, 0.2) is 60.8 Å². The number of halogens is 3. The highest BCUT2D eigenvalue weighted by molar-refractivity contribution is 5.92. The van der Waals surface area contributed by atoms with Gasteiger partial charge in [0.2, 0.25) is 5.91 Å². The van der Waals surface area contributed by atoms with Gasteiger partial charge in [-0.05, 0) is 60.6 Å².